The van der Waals surface area contributed by atoms with Gasteiger partial charge in [-0.1, -0.05) is 42.5 Å². The highest BCUT2D eigenvalue weighted by atomic mass is 16.5. The van der Waals surface area contributed by atoms with Gasteiger partial charge in [0.25, 0.3) is 0 Å². The summed E-state index contributed by atoms with van der Waals surface area (Å²) in [4.78, 5) is 23.8. The number of benzene rings is 2. The SMILES string of the molecule is COc1cccc2ccn(CCC(=O)NC(Cc3ccccc3)C(=O)O)c12. The summed E-state index contributed by atoms with van der Waals surface area (Å²) in [5.41, 5.74) is 1.79. The van der Waals surface area contributed by atoms with Gasteiger partial charge in [0.05, 0.1) is 12.6 Å². The van der Waals surface area contributed by atoms with Crippen LogP contribution in [-0.4, -0.2) is 34.7 Å². The number of hydrogen-bond donors (Lipinski definition) is 2. The first kappa shape index (κ1) is 18.5. The van der Waals surface area contributed by atoms with Crippen LogP contribution in [0.5, 0.6) is 5.75 Å². The zero-order chi connectivity index (χ0) is 19.2. The number of nitrogens with zero attached hydrogens (tertiary/aromatic N) is 1. The molecule has 140 valence electrons. The zero-order valence-corrected chi connectivity index (χ0v) is 15.1. The highest BCUT2D eigenvalue weighted by Crippen LogP contribution is 2.26. The molecule has 0 aliphatic rings. The average Bonchev–Trinajstić information content (AvgIpc) is 3.10. The summed E-state index contributed by atoms with van der Waals surface area (Å²) in [6, 6.07) is 16.0. The fourth-order valence-electron chi connectivity index (χ4n) is 3.12. The van der Waals surface area contributed by atoms with Crippen LogP contribution in [-0.2, 0) is 22.6 Å². The van der Waals surface area contributed by atoms with E-state index in [2.05, 4.69) is 5.32 Å². The molecule has 6 heteroatoms. The minimum Gasteiger partial charge on any atom is -0.495 e. The van der Waals surface area contributed by atoms with Crippen LogP contribution in [0.4, 0.5) is 0 Å². The Kier molecular flexibility index (Phi) is 5.76. The Labute approximate surface area is 157 Å². The van der Waals surface area contributed by atoms with E-state index in [4.69, 9.17) is 4.74 Å². The number of aliphatic carboxylic acids is 1. The number of carbonyl (C=O) groups excluding carboxylic acids is 1. The number of para-hydroxylation sites is 1. The molecule has 2 N–H and O–H groups in total. The predicted octanol–water partition coefficient (Wildman–Crippen LogP) is 2.85. The number of aryl methyl sites for hydroxylation is 1. The molecule has 0 bridgehead atoms. The van der Waals surface area contributed by atoms with Crippen molar-refractivity contribution in [3.8, 4) is 5.75 Å². The minimum atomic E-state index is -1.04. The van der Waals surface area contributed by atoms with Gasteiger partial charge in [-0.15, -0.1) is 0 Å². The van der Waals surface area contributed by atoms with Crippen molar-refractivity contribution in [3.63, 3.8) is 0 Å². The highest BCUT2D eigenvalue weighted by molar-refractivity contribution is 5.87. The molecule has 0 radical (unpaired) electrons. The van der Waals surface area contributed by atoms with Gasteiger partial charge in [-0.25, -0.2) is 4.79 Å². The maximum atomic E-state index is 12.3. The molecule has 0 aliphatic carbocycles. The normalized spacial score (nSPS) is 11.9. The van der Waals surface area contributed by atoms with Gasteiger partial charge >= 0.3 is 5.97 Å². The lowest BCUT2D eigenvalue weighted by molar-refractivity contribution is -0.141. The van der Waals surface area contributed by atoms with Crippen molar-refractivity contribution in [2.75, 3.05) is 7.11 Å². The molecule has 3 aromatic rings. The van der Waals surface area contributed by atoms with Crippen LogP contribution in [0.15, 0.2) is 60.8 Å². The van der Waals surface area contributed by atoms with E-state index in [9.17, 15) is 14.7 Å². The van der Waals surface area contributed by atoms with Crippen molar-refractivity contribution in [3.05, 3.63) is 66.4 Å². The number of methoxy groups -OCH3 is 1. The molecule has 0 fully saturated rings. The van der Waals surface area contributed by atoms with E-state index in [1.54, 1.807) is 7.11 Å². The zero-order valence-electron chi connectivity index (χ0n) is 15.1. The van der Waals surface area contributed by atoms with Gasteiger partial charge in [0.2, 0.25) is 5.91 Å². The van der Waals surface area contributed by atoms with Crippen LogP contribution in [0.3, 0.4) is 0 Å². The van der Waals surface area contributed by atoms with Gasteiger partial charge in [-0.05, 0) is 17.7 Å². The van der Waals surface area contributed by atoms with Gasteiger partial charge < -0.3 is 19.7 Å². The number of ether oxygens (including phenoxy) is 1. The number of carbonyl (C=O) groups is 2. The summed E-state index contributed by atoms with van der Waals surface area (Å²) in [5, 5.41) is 13.1. The summed E-state index contributed by atoms with van der Waals surface area (Å²) < 4.78 is 7.34. The van der Waals surface area contributed by atoms with Crippen LogP contribution in [0.2, 0.25) is 0 Å². The van der Waals surface area contributed by atoms with E-state index in [1.807, 2.05) is 65.4 Å². The molecular formula is C21H22N2O4. The van der Waals surface area contributed by atoms with Gasteiger partial charge in [-0.3, -0.25) is 4.79 Å². The van der Waals surface area contributed by atoms with Gasteiger partial charge in [0, 0.05) is 31.0 Å². The summed E-state index contributed by atoms with van der Waals surface area (Å²) in [6.45, 7) is 0.438. The van der Waals surface area contributed by atoms with Gasteiger partial charge in [-0.2, -0.15) is 0 Å². The van der Waals surface area contributed by atoms with Crippen molar-refractivity contribution in [2.24, 2.45) is 0 Å². The Morgan fingerprint density at radius 1 is 1.11 bits per heavy atom. The summed E-state index contributed by atoms with van der Waals surface area (Å²) >= 11 is 0. The predicted molar refractivity (Wildman–Crippen MR) is 103 cm³/mol. The fourth-order valence-corrected chi connectivity index (χ4v) is 3.12. The smallest absolute Gasteiger partial charge is 0.326 e. The Hall–Kier alpha value is -3.28. The monoisotopic (exact) mass is 366 g/mol. The van der Waals surface area contributed by atoms with E-state index < -0.39 is 12.0 Å². The van der Waals surface area contributed by atoms with E-state index in [0.717, 1.165) is 22.2 Å². The van der Waals surface area contributed by atoms with Gasteiger partial charge in [0.1, 0.15) is 11.8 Å². The highest BCUT2D eigenvalue weighted by Gasteiger charge is 2.20. The summed E-state index contributed by atoms with van der Waals surface area (Å²) in [5.74, 6) is -0.597. The van der Waals surface area contributed by atoms with Crippen LogP contribution in [0, 0.1) is 0 Å². The van der Waals surface area contributed by atoms with Crippen molar-refractivity contribution < 1.29 is 19.4 Å². The summed E-state index contributed by atoms with van der Waals surface area (Å²) in [7, 11) is 1.61. The maximum Gasteiger partial charge on any atom is 0.326 e. The van der Waals surface area contributed by atoms with E-state index >= 15 is 0 Å². The first-order chi connectivity index (χ1) is 13.1. The number of carboxylic acids is 1. The largest absolute Gasteiger partial charge is 0.495 e. The number of nitrogens with one attached hydrogen (secondary N) is 1. The van der Waals surface area contributed by atoms with Crippen molar-refractivity contribution in [1.82, 2.24) is 9.88 Å². The Balaban J connectivity index is 1.64. The lowest BCUT2D eigenvalue weighted by Gasteiger charge is -2.15. The number of hydrogen-bond acceptors (Lipinski definition) is 3. The maximum absolute atomic E-state index is 12.3. The molecule has 3 rings (SSSR count). The number of carboxylic acid groups (broad SMARTS) is 1. The fraction of sp³-hybridized carbons (Fsp3) is 0.238. The molecule has 27 heavy (non-hydrogen) atoms. The molecule has 2 aromatic carbocycles. The number of fused-ring (bicyclic) bond motifs is 1. The minimum absolute atomic E-state index is 0.181. The first-order valence-corrected chi connectivity index (χ1v) is 8.76. The van der Waals surface area contributed by atoms with Crippen LogP contribution in [0.25, 0.3) is 10.9 Å². The second-order valence-corrected chi connectivity index (χ2v) is 6.31. The molecule has 1 atom stereocenters. The summed E-state index contributed by atoms with van der Waals surface area (Å²) in [6.07, 6.45) is 2.34. The van der Waals surface area contributed by atoms with Crippen LogP contribution >= 0.6 is 0 Å². The second-order valence-electron chi connectivity index (χ2n) is 6.31. The third kappa shape index (κ3) is 4.47. The third-order valence-corrected chi connectivity index (χ3v) is 4.47. The Bertz CT molecular complexity index is 934. The quantitative estimate of drug-likeness (QED) is 0.642. The molecular weight excluding hydrogens is 344 g/mol. The molecule has 6 nitrogen and oxygen atoms in total. The third-order valence-electron chi connectivity index (χ3n) is 4.47. The average molecular weight is 366 g/mol. The van der Waals surface area contributed by atoms with E-state index in [-0.39, 0.29) is 18.7 Å². The molecule has 1 amide bonds. The van der Waals surface area contributed by atoms with Crippen molar-refractivity contribution in [2.45, 2.75) is 25.4 Å². The first-order valence-electron chi connectivity index (χ1n) is 8.76. The molecule has 1 heterocycles. The molecule has 1 aromatic heterocycles. The molecule has 0 saturated heterocycles. The Morgan fingerprint density at radius 2 is 1.89 bits per heavy atom. The standard InChI is InChI=1S/C21H22N2O4/c1-27-18-9-5-8-16-10-12-23(20(16)18)13-11-19(24)22-17(21(25)26)14-15-6-3-2-4-7-15/h2-10,12,17H,11,13-14H2,1H3,(H,22,24)(H,25,26). The molecule has 1 unspecified atom stereocenters. The number of aromatic nitrogens is 1. The second kappa shape index (κ2) is 8.40. The van der Waals surface area contributed by atoms with E-state index in [0.29, 0.717) is 6.54 Å². The lowest BCUT2D eigenvalue weighted by atomic mass is 10.1. The lowest BCUT2D eigenvalue weighted by Crippen LogP contribution is -2.42. The van der Waals surface area contributed by atoms with Crippen molar-refractivity contribution >= 4 is 22.8 Å². The number of rotatable bonds is 8. The van der Waals surface area contributed by atoms with Crippen LogP contribution in [0.1, 0.15) is 12.0 Å². The molecule has 0 spiro atoms. The topological polar surface area (TPSA) is 80.6 Å². The molecule has 0 aliphatic heterocycles. The Morgan fingerprint density at radius 3 is 2.59 bits per heavy atom. The molecule has 0 saturated carbocycles. The van der Waals surface area contributed by atoms with Crippen LogP contribution < -0.4 is 10.1 Å². The van der Waals surface area contributed by atoms with Crippen molar-refractivity contribution in [1.29, 1.82) is 0 Å². The van der Waals surface area contributed by atoms with Gasteiger partial charge in [0.15, 0.2) is 0 Å². The number of amides is 1. The van der Waals surface area contributed by atoms with E-state index in [1.165, 1.54) is 0 Å².